The minimum absolute atomic E-state index is 0.311. The van der Waals surface area contributed by atoms with Crippen molar-refractivity contribution in [3.8, 4) is 0 Å². The van der Waals surface area contributed by atoms with Crippen molar-refractivity contribution in [2.24, 2.45) is 10.7 Å². The van der Waals surface area contributed by atoms with Gasteiger partial charge in [0, 0.05) is 11.8 Å². The van der Waals surface area contributed by atoms with Gasteiger partial charge in [0.2, 0.25) is 0 Å². The van der Waals surface area contributed by atoms with Crippen LogP contribution in [0, 0.1) is 0 Å². The van der Waals surface area contributed by atoms with Gasteiger partial charge in [-0.3, -0.25) is 0 Å². The predicted molar refractivity (Wildman–Crippen MR) is 137 cm³/mol. The molecule has 3 N–H and O–H groups in total. The standard InChI is InChI=1S/C25H26N4S2/c1-2-22(19-10-4-3-5-11-19)30-24(26)28-20-12-8-9-18(17-20)15-16-27-25-29-21-13-6-7-14-23(21)31-25/h3-14,17,22H,2,15-16H2,1H3,(H2,26,28)(H,27,29). The Labute approximate surface area is 191 Å². The molecule has 1 atom stereocenters. The van der Waals surface area contributed by atoms with Gasteiger partial charge < -0.3 is 11.1 Å². The average molecular weight is 447 g/mol. The number of thiazole rings is 1. The number of nitrogens with zero attached hydrogens (tertiary/aromatic N) is 2. The van der Waals surface area contributed by atoms with Crippen molar-refractivity contribution < 1.29 is 0 Å². The van der Waals surface area contributed by atoms with Gasteiger partial charge in [0.1, 0.15) is 0 Å². The zero-order valence-corrected chi connectivity index (χ0v) is 19.1. The van der Waals surface area contributed by atoms with Crippen LogP contribution in [0.2, 0.25) is 0 Å². The first kappa shape index (κ1) is 21.4. The number of fused-ring (bicyclic) bond motifs is 1. The maximum Gasteiger partial charge on any atom is 0.183 e. The Morgan fingerprint density at radius 3 is 2.68 bits per heavy atom. The minimum Gasteiger partial charge on any atom is -0.378 e. The Hall–Kier alpha value is -2.83. The van der Waals surface area contributed by atoms with E-state index in [2.05, 4.69) is 64.7 Å². The third-order valence-corrected chi connectivity index (χ3v) is 7.16. The van der Waals surface area contributed by atoms with Crippen LogP contribution in [0.15, 0.2) is 83.9 Å². The second-order valence-electron chi connectivity index (χ2n) is 7.21. The number of amidine groups is 1. The van der Waals surface area contributed by atoms with Crippen LogP contribution in [0.4, 0.5) is 10.8 Å². The van der Waals surface area contributed by atoms with Crippen LogP contribution in [0.3, 0.4) is 0 Å². The summed E-state index contributed by atoms with van der Waals surface area (Å²) in [5.41, 5.74) is 10.7. The molecule has 4 aromatic rings. The normalized spacial score (nSPS) is 12.7. The molecular weight excluding hydrogens is 420 g/mol. The van der Waals surface area contributed by atoms with E-state index in [1.807, 2.05) is 36.4 Å². The van der Waals surface area contributed by atoms with Gasteiger partial charge in [-0.1, -0.05) is 84.6 Å². The monoisotopic (exact) mass is 446 g/mol. The molecule has 1 heterocycles. The molecule has 31 heavy (non-hydrogen) atoms. The predicted octanol–water partition coefficient (Wildman–Crippen LogP) is 6.78. The maximum absolute atomic E-state index is 6.28. The summed E-state index contributed by atoms with van der Waals surface area (Å²) in [5, 5.41) is 5.31. The van der Waals surface area contributed by atoms with Gasteiger partial charge in [-0.25, -0.2) is 9.98 Å². The molecule has 4 nitrogen and oxygen atoms in total. The van der Waals surface area contributed by atoms with Crippen LogP contribution in [-0.2, 0) is 6.42 Å². The fourth-order valence-corrected chi connectivity index (χ4v) is 5.20. The smallest absolute Gasteiger partial charge is 0.183 e. The zero-order chi connectivity index (χ0) is 21.5. The largest absolute Gasteiger partial charge is 0.378 e. The summed E-state index contributed by atoms with van der Waals surface area (Å²) in [6.07, 6.45) is 1.90. The summed E-state index contributed by atoms with van der Waals surface area (Å²) in [5.74, 6) is 0. The average Bonchev–Trinajstić information content (AvgIpc) is 3.21. The Morgan fingerprint density at radius 2 is 1.87 bits per heavy atom. The minimum atomic E-state index is 0.311. The summed E-state index contributed by atoms with van der Waals surface area (Å²) in [7, 11) is 0. The maximum atomic E-state index is 6.28. The molecule has 1 aromatic heterocycles. The van der Waals surface area contributed by atoms with Gasteiger partial charge in [-0.2, -0.15) is 0 Å². The molecule has 0 saturated carbocycles. The molecule has 4 rings (SSSR count). The molecule has 0 aliphatic heterocycles. The number of nitrogens with two attached hydrogens (primary N) is 1. The summed E-state index contributed by atoms with van der Waals surface area (Å²) in [4.78, 5) is 9.28. The molecule has 0 spiro atoms. The van der Waals surface area contributed by atoms with E-state index in [1.165, 1.54) is 15.8 Å². The number of anilines is 1. The quantitative estimate of drug-likeness (QED) is 0.231. The Morgan fingerprint density at radius 1 is 1.06 bits per heavy atom. The van der Waals surface area contributed by atoms with Crippen LogP contribution < -0.4 is 11.1 Å². The fraction of sp³-hybridized carbons (Fsp3) is 0.200. The van der Waals surface area contributed by atoms with Crippen LogP contribution in [0.1, 0.15) is 29.7 Å². The Balaban J connectivity index is 1.35. The third kappa shape index (κ3) is 5.87. The van der Waals surface area contributed by atoms with E-state index in [-0.39, 0.29) is 0 Å². The van der Waals surface area contributed by atoms with Crippen molar-refractivity contribution in [2.45, 2.75) is 25.0 Å². The van der Waals surface area contributed by atoms with E-state index in [0.717, 1.165) is 35.7 Å². The lowest BCUT2D eigenvalue weighted by Crippen LogP contribution is -2.09. The van der Waals surface area contributed by atoms with Crippen molar-refractivity contribution in [3.63, 3.8) is 0 Å². The number of hydrogen-bond donors (Lipinski definition) is 2. The number of rotatable bonds is 8. The van der Waals surface area contributed by atoms with E-state index >= 15 is 0 Å². The molecule has 0 saturated heterocycles. The molecule has 0 aliphatic carbocycles. The van der Waals surface area contributed by atoms with E-state index in [0.29, 0.717) is 10.4 Å². The van der Waals surface area contributed by atoms with Crippen molar-refractivity contribution in [2.75, 3.05) is 11.9 Å². The summed E-state index contributed by atoms with van der Waals surface area (Å²) >= 11 is 3.31. The highest BCUT2D eigenvalue weighted by molar-refractivity contribution is 8.14. The highest BCUT2D eigenvalue weighted by Crippen LogP contribution is 2.32. The van der Waals surface area contributed by atoms with E-state index in [9.17, 15) is 0 Å². The van der Waals surface area contributed by atoms with Gasteiger partial charge in [0.15, 0.2) is 10.3 Å². The lowest BCUT2D eigenvalue weighted by molar-refractivity contribution is 0.900. The van der Waals surface area contributed by atoms with Crippen molar-refractivity contribution in [1.82, 2.24) is 4.98 Å². The van der Waals surface area contributed by atoms with Crippen molar-refractivity contribution >= 4 is 49.3 Å². The van der Waals surface area contributed by atoms with E-state index in [1.54, 1.807) is 23.1 Å². The highest BCUT2D eigenvalue weighted by Gasteiger charge is 2.12. The second kappa shape index (κ2) is 10.5. The van der Waals surface area contributed by atoms with Gasteiger partial charge >= 0.3 is 0 Å². The SMILES string of the molecule is CCC(SC(N)=Nc1cccc(CCNc2nc3ccccc3s2)c1)c1ccccc1. The Bertz CT molecular complexity index is 1120. The zero-order valence-electron chi connectivity index (χ0n) is 17.5. The van der Waals surface area contributed by atoms with Crippen LogP contribution in [0.25, 0.3) is 10.2 Å². The fourth-order valence-electron chi connectivity index (χ4n) is 3.40. The molecule has 0 bridgehead atoms. The van der Waals surface area contributed by atoms with Crippen LogP contribution in [0.5, 0.6) is 0 Å². The van der Waals surface area contributed by atoms with Crippen molar-refractivity contribution in [3.05, 3.63) is 90.0 Å². The number of aromatic nitrogens is 1. The number of aliphatic imine (C=N–C) groups is 1. The number of benzene rings is 3. The molecule has 1 unspecified atom stereocenters. The molecular formula is C25H26N4S2. The molecule has 0 amide bonds. The van der Waals surface area contributed by atoms with Crippen LogP contribution >= 0.6 is 23.1 Å². The number of para-hydroxylation sites is 1. The first-order valence-electron chi connectivity index (χ1n) is 10.5. The first-order valence-corrected chi connectivity index (χ1v) is 12.1. The number of thioether (sulfide) groups is 1. The molecule has 0 fully saturated rings. The molecule has 0 aliphatic rings. The lowest BCUT2D eigenvalue weighted by atomic mass is 10.1. The van der Waals surface area contributed by atoms with Crippen LogP contribution in [-0.4, -0.2) is 16.7 Å². The highest BCUT2D eigenvalue weighted by atomic mass is 32.2. The molecule has 0 radical (unpaired) electrons. The van der Waals surface area contributed by atoms with Gasteiger partial charge in [-0.05, 0) is 48.2 Å². The third-order valence-electron chi connectivity index (χ3n) is 4.94. The summed E-state index contributed by atoms with van der Waals surface area (Å²) < 4.78 is 1.20. The molecule has 3 aromatic carbocycles. The Kier molecular flexibility index (Phi) is 7.22. The van der Waals surface area contributed by atoms with Gasteiger partial charge in [0.25, 0.3) is 0 Å². The van der Waals surface area contributed by atoms with Gasteiger partial charge in [0.05, 0.1) is 15.9 Å². The topological polar surface area (TPSA) is 63.3 Å². The summed E-state index contributed by atoms with van der Waals surface area (Å²) in [6.45, 7) is 3.00. The van der Waals surface area contributed by atoms with Gasteiger partial charge in [-0.15, -0.1) is 0 Å². The van der Waals surface area contributed by atoms with E-state index in [4.69, 9.17) is 5.73 Å². The number of hydrogen-bond acceptors (Lipinski definition) is 5. The van der Waals surface area contributed by atoms with Crippen molar-refractivity contribution in [1.29, 1.82) is 0 Å². The lowest BCUT2D eigenvalue weighted by Gasteiger charge is -2.14. The molecule has 158 valence electrons. The second-order valence-corrected chi connectivity index (χ2v) is 9.46. The molecule has 6 heteroatoms. The number of nitrogens with one attached hydrogen (secondary N) is 1. The summed E-state index contributed by atoms with van der Waals surface area (Å²) in [6, 6.07) is 26.9. The first-order chi connectivity index (χ1) is 15.2. The van der Waals surface area contributed by atoms with E-state index < -0.39 is 0 Å².